The van der Waals surface area contributed by atoms with E-state index in [9.17, 15) is 4.79 Å². The van der Waals surface area contributed by atoms with Gasteiger partial charge in [0, 0.05) is 31.9 Å². The normalized spacial score (nSPS) is 19.0. The van der Waals surface area contributed by atoms with E-state index < -0.39 is 5.41 Å². The van der Waals surface area contributed by atoms with Crippen molar-refractivity contribution in [1.82, 2.24) is 5.32 Å². The van der Waals surface area contributed by atoms with Gasteiger partial charge < -0.3 is 20.5 Å². The van der Waals surface area contributed by atoms with Crippen LogP contribution in [0, 0.1) is 18.3 Å². The number of nitrogens with two attached hydrogens (primary N) is 1. The van der Waals surface area contributed by atoms with Crippen molar-refractivity contribution in [1.29, 1.82) is 0 Å². The fraction of sp³-hybridized carbons (Fsp3) is 0.632. The van der Waals surface area contributed by atoms with Crippen molar-refractivity contribution in [3.05, 3.63) is 29.3 Å². The molecular formula is C19H29ClN2O3. The van der Waals surface area contributed by atoms with E-state index >= 15 is 0 Å². The summed E-state index contributed by atoms with van der Waals surface area (Å²) in [5.74, 6) is 1.62. The SMILES string of the molecule is Cc1ccc(CNC(=O)C2(CN)CCOCC2)c(OCC2CC2)c1.Cl. The quantitative estimate of drug-likeness (QED) is 0.775. The Morgan fingerprint density at radius 2 is 2.08 bits per heavy atom. The van der Waals surface area contributed by atoms with Crippen molar-refractivity contribution < 1.29 is 14.3 Å². The molecule has 1 aromatic rings. The molecule has 2 fully saturated rings. The Morgan fingerprint density at radius 1 is 1.36 bits per heavy atom. The van der Waals surface area contributed by atoms with E-state index in [1.165, 1.54) is 18.4 Å². The smallest absolute Gasteiger partial charge is 0.227 e. The number of aryl methyl sites for hydroxylation is 1. The molecule has 1 heterocycles. The second kappa shape index (κ2) is 8.88. The largest absolute Gasteiger partial charge is 0.493 e. The van der Waals surface area contributed by atoms with E-state index in [1.807, 2.05) is 6.07 Å². The van der Waals surface area contributed by atoms with Gasteiger partial charge in [0.25, 0.3) is 0 Å². The number of amides is 1. The van der Waals surface area contributed by atoms with Crippen LogP contribution in [0.3, 0.4) is 0 Å². The Labute approximate surface area is 156 Å². The van der Waals surface area contributed by atoms with E-state index in [4.69, 9.17) is 15.2 Å². The van der Waals surface area contributed by atoms with Crippen LogP contribution in [0.1, 0.15) is 36.8 Å². The number of nitrogens with one attached hydrogen (secondary N) is 1. The summed E-state index contributed by atoms with van der Waals surface area (Å²) < 4.78 is 11.4. The van der Waals surface area contributed by atoms with Crippen molar-refractivity contribution in [2.75, 3.05) is 26.4 Å². The monoisotopic (exact) mass is 368 g/mol. The van der Waals surface area contributed by atoms with Gasteiger partial charge in [0.1, 0.15) is 5.75 Å². The van der Waals surface area contributed by atoms with Crippen LogP contribution in [0.4, 0.5) is 0 Å². The topological polar surface area (TPSA) is 73.6 Å². The summed E-state index contributed by atoms with van der Waals surface area (Å²) >= 11 is 0. The van der Waals surface area contributed by atoms with E-state index in [0.717, 1.165) is 17.9 Å². The van der Waals surface area contributed by atoms with E-state index in [-0.39, 0.29) is 18.3 Å². The third-order valence-electron chi connectivity index (χ3n) is 5.16. The van der Waals surface area contributed by atoms with Crippen molar-refractivity contribution in [3.8, 4) is 5.75 Å². The van der Waals surface area contributed by atoms with Crippen LogP contribution in [-0.2, 0) is 16.1 Å². The lowest BCUT2D eigenvalue weighted by atomic mass is 9.79. The molecule has 1 saturated carbocycles. The molecule has 0 unspecified atom stereocenters. The average molecular weight is 369 g/mol. The lowest BCUT2D eigenvalue weighted by Gasteiger charge is -2.34. The van der Waals surface area contributed by atoms with Crippen LogP contribution in [0.15, 0.2) is 18.2 Å². The van der Waals surface area contributed by atoms with Gasteiger partial charge in [-0.05, 0) is 50.2 Å². The molecule has 1 amide bonds. The number of carbonyl (C=O) groups excluding carboxylic acids is 1. The van der Waals surface area contributed by atoms with E-state index in [1.54, 1.807) is 0 Å². The van der Waals surface area contributed by atoms with Crippen molar-refractivity contribution in [2.24, 2.45) is 17.1 Å². The summed E-state index contributed by atoms with van der Waals surface area (Å²) in [5, 5.41) is 3.07. The molecule has 0 spiro atoms. The second-order valence-electron chi connectivity index (χ2n) is 7.15. The van der Waals surface area contributed by atoms with Crippen molar-refractivity contribution >= 4 is 18.3 Å². The van der Waals surface area contributed by atoms with Crippen LogP contribution in [0.2, 0.25) is 0 Å². The first-order chi connectivity index (χ1) is 11.6. The number of benzene rings is 1. The number of rotatable bonds is 7. The highest BCUT2D eigenvalue weighted by Crippen LogP contribution is 2.32. The Bertz CT molecular complexity index is 584. The summed E-state index contributed by atoms with van der Waals surface area (Å²) in [4.78, 5) is 12.7. The van der Waals surface area contributed by atoms with Gasteiger partial charge >= 0.3 is 0 Å². The standard InChI is InChI=1S/C19H28N2O3.ClH/c1-14-2-5-16(17(10-14)24-12-15-3-4-15)11-21-18(22)19(13-20)6-8-23-9-7-19;/h2,5,10,15H,3-4,6-9,11-13,20H2,1H3,(H,21,22);1H. The molecule has 140 valence electrons. The zero-order valence-corrected chi connectivity index (χ0v) is 15.7. The molecule has 25 heavy (non-hydrogen) atoms. The zero-order valence-electron chi connectivity index (χ0n) is 14.9. The average Bonchev–Trinajstić information content (AvgIpc) is 3.43. The van der Waals surface area contributed by atoms with Crippen LogP contribution < -0.4 is 15.8 Å². The van der Waals surface area contributed by atoms with Crippen molar-refractivity contribution in [3.63, 3.8) is 0 Å². The van der Waals surface area contributed by atoms with Gasteiger partial charge in [-0.15, -0.1) is 12.4 Å². The minimum Gasteiger partial charge on any atom is -0.493 e. The van der Waals surface area contributed by atoms with Gasteiger partial charge in [0.2, 0.25) is 5.91 Å². The van der Waals surface area contributed by atoms with Gasteiger partial charge in [-0.2, -0.15) is 0 Å². The predicted octanol–water partition coefficient (Wildman–Crippen LogP) is 2.58. The molecule has 5 nitrogen and oxygen atoms in total. The van der Waals surface area contributed by atoms with Crippen LogP contribution in [0.25, 0.3) is 0 Å². The molecule has 1 aromatic carbocycles. The number of hydrogen-bond donors (Lipinski definition) is 2. The first kappa shape index (κ1) is 20.0. The van der Waals surface area contributed by atoms with E-state index in [2.05, 4.69) is 24.4 Å². The summed E-state index contributed by atoms with van der Waals surface area (Å²) in [5.41, 5.74) is 7.60. The van der Waals surface area contributed by atoms with E-state index in [0.29, 0.717) is 45.1 Å². The maximum absolute atomic E-state index is 12.7. The maximum Gasteiger partial charge on any atom is 0.227 e. The molecule has 6 heteroatoms. The molecule has 1 aliphatic heterocycles. The lowest BCUT2D eigenvalue weighted by molar-refractivity contribution is -0.136. The van der Waals surface area contributed by atoms with Crippen LogP contribution >= 0.6 is 12.4 Å². The lowest BCUT2D eigenvalue weighted by Crippen LogP contribution is -2.49. The fourth-order valence-corrected chi connectivity index (χ4v) is 3.08. The first-order valence-corrected chi connectivity index (χ1v) is 8.91. The zero-order chi connectivity index (χ0) is 17.0. The number of ether oxygens (including phenoxy) is 2. The number of halogens is 1. The minimum absolute atomic E-state index is 0. The number of carbonyl (C=O) groups is 1. The Hall–Kier alpha value is -1.30. The number of hydrogen-bond acceptors (Lipinski definition) is 4. The van der Waals surface area contributed by atoms with Crippen LogP contribution in [-0.4, -0.2) is 32.3 Å². The molecule has 1 aliphatic carbocycles. The second-order valence-corrected chi connectivity index (χ2v) is 7.15. The Balaban J connectivity index is 0.00000225. The van der Waals surface area contributed by atoms with Crippen molar-refractivity contribution in [2.45, 2.75) is 39.2 Å². The highest BCUT2D eigenvalue weighted by molar-refractivity contribution is 5.85. The molecule has 0 radical (unpaired) electrons. The van der Waals surface area contributed by atoms with Gasteiger partial charge in [-0.1, -0.05) is 12.1 Å². The fourth-order valence-electron chi connectivity index (χ4n) is 3.08. The molecular weight excluding hydrogens is 340 g/mol. The molecule has 3 N–H and O–H groups in total. The maximum atomic E-state index is 12.7. The minimum atomic E-state index is -0.488. The molecule has 1 saturated heterocycles. The molecule has 2 aliphatic rings. The molecule has 0 bridgehead atoms. The predicted molar refractivity (Wildman–Crippen MR) is 100 cm³/mol. The summed E-state index contributed by atoms with van der Waals surface area (Å²) in [6.07, 6.45) is 3.90. The summed E-state index contributed by atoms with van der Waals surface area (Å²) in [6.45, 7) is 4.87. The third kappa shape index (κ3) is 5.09. The van der Waals surface area contributed by atoms with Gasteiger partial charge in [0.15, 0.2) is 0 Å². The summed E-state index contributed by atoms with van der Waals surface area (Å²) in [6, 6.07) is 6.15. The summed E-state index contributed by atoms with van der Waals surface area (Å²) in [7, 11) is 0. The van der Waals surface area contributed by atoms with Gasteiger partial charge in [-0.3, -0.25) is 4.79 Å². The molecule has 0 aromatic heterocycles. The van der Waals surface area contributed by atoms with Gasteiger partial charge in [-0.25, -0.2) is 0 Å². The Morgan fingerprint density at radius 3 is 2.72 bits per heavy atom. The first-order valence-electron chi connectivity index (χ1n) is 8.91. The highest BCUT2D eigenvalue weighted by atomic mass is 35.5. The molecule has 3 rings (SSSR count). The third-order valence-corrected chi connectivity index (χ3v) is 5.16. The molecule has 0 atom stereocenters. The highest BCUT2D eigenvalue weighted by Gasteiger charge is 2.38. The van der Waals surface area contributed by atoms with Crippen LogP contribution in [0.5, 0.6) is 5.75 Å². The Kier molecular flexibility index (Phi) is 7.11. The van der Waals surface area contributed by atoms with Gasteiger partial charge in [0.05, 0.1) is 12.0 Å².